The number of guanidine groups is 1. The molecule has 0 aromatic heterocycles. The third-order valence-electron chi connectivity index (χ3n) is 5.87. The maximum Gasteiger partial charge on any atom is 0.243 e. The van der Waals surface area contributed by atoms with Crippen LogP contribution in [0.2, 0.25) is 0 Å². The Bertz CT molecular complexity index is 795. The lowest BCUT2D eigenvalue weighted by atomic mass is 10.00. The molecule has 8 heteroatoms. The Hall–Kier alpha value is -1.64. The van der Waals surface area contributed by atoms with E-state index in [1.165, 1.54) is 12.8 Å². The van der Waals surface area contributed by atoms with Crippen molar-refractivity contribution in [1.29, 1.82) is 0 Å². The molecule has 162 valence electrons. The fourth-order valence-electron chi connectivity index (χ4n) is 3.86. The van der Waals surface area contributed by atoms with Gasteiger partial charge in [-0.2, -0.15) is 4.31 Å². The Morgan fingerprint density at radius 2 is 1.76 bits per heavy atom. The van der Waals surface area contributed by atoms with Gasteiger partial charge in [0.2, 0.25) is 10.0 Å². The molecule has 0 atom stereocenters. The van der Waals surface area contributed by atoms with Crippen LogP contribution in [-0.2, 0) is 16.6 Å². The number of rotatable bonds is 5. The fourth-order valence-corrected chi connectivity index (χ4v) is 5.50. The summed E-state index contributed by atoms with van der Waals surface area (Å²) in [4.78, 5) is 9.64. The van der Waals surface area contributed by atoms with Gasteiger partial charge in [0.25, 0.3) is 0 Å². The highest BCUT2D eigenvalue weighted by Gasteiger charge is 2.29. The number of hydrogen-bond donors (Lipinski definition) is 1. The van der Waals surface area contributed by atoms with Crippen molar-refractivity contribution in [2.24, 2.45) is 10.9 Å². The van der Waals surface area contributed by atoms with E-state index in [0.29, 0.717) is 24.5 Å². The van der Waals surface area contributed by atoms with Gasteiger partial charge in [0, 0.05) is 45.8 Å². The lowest BCUT2D eigenvalue weighted by molar-refractivity contribution is 0.222. The second kappa shape index (κ2) is 9.91. The maximum absolute atomic E-state index is 13.3. The van der Waals surface area contributed by atoms with Crippen LogP contribution >= 0.6 is 0 Å². The van der Waals surface area contributed by atoms with Crippen molar-refractivity contribution in [3.63, 3.8) is 0 Å². The van der Waals surface area contributed by atoms with Crippen LogP contribution < -0.4 is 5.32 Å². The lowest BCUT2D eigenvalue weighted by Crippen LogP contribution is -2.47. The van der Waals surface area contributed by atoms with Gasteiger partial charge in [0.15, 0.2) is 5.96 Å². The van der Waals surface area contributed by atoms with Gasteiger partial charge in [0.05, 0.1) is 11.4 Å². The lowest BCUT2D eigenvalue weighted by Gasteiger charge is -2.33. The first-order valence-electron chi connectivity index (χ1n) is 10.7. The van der Waals surface area contributed by atoms with E-state index in [-0.39, 0.29) is 0 Å². The second-order valence-electron chi connectivity index (χ2n) is 8.15. The summed E-state index contributed by atoms with van der Waals surface area (Å²) >= 11 is 0. The third-order valence-corrected chi connectivity index (χ3v) is 7.87. The molecule has 0 radical (unpaired) electrons. The van der Waals surface area contributed by atoms with Crippen LogP contribution in [0, 0.1) is 5.92 Å². The zero-order valence-electron chi connectivity index (χ0n) is 18.0. The minimum absolute atomic E-state index is 0.359. The van der Waals surface area contributed by atoms with E-state index in [2.05, 4.69) is 29.0 Å². The Morgan fingerprint density at radius 3 is 2.41 bits per heavy atom. The average molecular weight is 422 g/mol. The van der Waals surface area contributed by atoms with Gasteiger partial charge >= 0.3 is 0 Å². The molecule has 1 aromatic carbocycles. The molecule has 1 N–H and O–H groups in total. The third kappa shape index (κ3) is 5.49. The smallest absolute Gasteiger partial charge is 0.243 e. The molecular weight excluding hydrogens is 386 g/mol. The number of nitrogens with zero attached hydrogens (tertiary/aromatic N) is 4. The van der Waals surface area contributed by atoms with Gasteiger partial charge in [-0.05, 0) is 44.4 Å². The molecule has 0 bridgehead atoms. The van der Waals surface area contributed by atoms with E-state index in [1.54, 1.807) is 16.4 Å². The van der Waals surface area contributed by atoms with Crippen molar-refractivity contribution in [2.45, 2.75) is 38.1 Å². The fraction of sp³-hybridized carbons (Fsp3) is 0.667. The van der Waals surface area contributed by atoms with E-state index in [1.807, 2.05) is 19.2 Å². The van der Waals surface area contributed by atoms with E-state index in [9.17, 15) is 8.42 Å². The number of likely N-dealkylation sites (N-methyl/N-ethyl adjacent to an activating group) is 1. The molecule has 29 heavy (non-hydrogen) atoms. The summed E-state index contributed by atoms with van der Waals surface area (Å²) in [6, 6.07) is 7.29. The van der Waals surface area contributed by atoms with Gasteiger partial charge in [-0.3, -0.25) is 0 Å². The van der Waals surface area contributed by atoms with Crippen molar-refractivity contribution in [3.8, 4) is 0 Å². The van der Waals surface area contributed by atoms with E-state index >= 15 is 0 Å². The summed E-state index contributed by atoms with van der Waals surface area (Å²) in [6.07, 6.45) is 2.33. The number of aliphatic imine (C=N–C) groups is 1. The van der Waals surface area contributed by atoms with Crippen molar-refractivity contribution < 1.29 is 8.42 Å². The number of piperidine rings is 1. The van der Waals surface area contributed by atoms with Gasteiger partial charge in [0.1, 0.15) is 0 Å². The number of piperazine rings is 1. The molecule has 0 amide bonds. The first-order chi connectivity index (χ1) is 13.9. The normalized spacial score (nSPS) is 20.8. The number of benzene rings is 1. The summed E-state index contributed by atoms with van der Waals surface area (Å²) in [7, 11) is -1.48. The van der Waals surface area contributed by atoms with E-state index < -0.39 is 10.0 Å². The molecule has 2 fully saturated rings. The number of sulfonamides is 1. The highest BCUT2D eigenvalue weighted by molar-refractivity contribution is 7.89. The van der Waals surface area contributed by atoms with Crippen LogP contribution in [0.15, 0.2) is 34.2 Å². The van der Waals surface area contributed by atoms with Crippen molar-refractivity contribution in [2.75, 3.05) is 52.9 Å². The van der Waals surface area contributed by atoms with Crippen LogP contribution in [0.5, 0.6) is 0 Å². The molecule has 2 heterocycles. The Balaban J connectivity index is 1.79. The number of nitrogens with one attached hydrogen (secondary N) is 1. The second-order valence-corrected chi connectivity index (χ2v) is 10.1. The largest absolute Gasteiger partial charge is 0.357 e. The minimum Gasteiger partial charge on any atom is -0.357 e. The molecule has 2 aliphatic heterocycles. The van der Waals surface area contributed by atoms with E-state index in [0.717, 1.165) is 50.2 Å². The molecule has 0 aliphatic carbocycles. The molecule has 0 spiro atoms. The van der Waals surface area contributed by atoms with Crippen LogP contribution in [0.25, 0.3) is 0 Å². The van der Waals surface area contributed by atoms with Gasteiger partial charge in [-0.25, -0.2) is 13.4 Å². The first-order valence-corrected chi connectivity index (χ1v) is 12.2. The zero-order chi connectivity index (χ0) is 20.9. The monoisotopic (exact) mass is 421 g/mol. The number of hydrogen-bond acceptors (Lipinski definition) is 4. The molecule has 7 nitrogen and oxygen atoms in total. The molecular formula is C21H35N5O2S. The highest BCUT2D eigenvalue weighted by Crippen LogP contribution is 2.22. The van der Waals surface area contributed by atoms with Gasteiger partial charge in [-0.1, -0.05) is 25.1 Å². The molecule has 3 rings (SSSR count). The van der Waals surface area contributed by atoms with Crippen LogP contribution in [0.3, 0.4) is 0 Å². The van der Waals surface area contributed by atoms with E-state index in [4.69, 9.17) is 4.99 Å². The predicted molar refractivity (Wildman–Crippen MR) is 117 cm³/mol. The zero-order valence-corrected chi connectivity index (χ0v) is 18.8. The van der Waals surface area contributed by atoms with Crippen LogP contribution in [0.1, 0.15) is 32.3 Å². The van der Waals surface area contributed by atoms with Crippen LogP contribution in [-0.4, -0.2) is 81.3 Å². The Kier molecular flexibility index (Phi) is 7.54. The summed E-state index contributed by atoms with van der Waals surface area (Å²) in [5.41, 5.74) is 0.757. The molecule has 1 aromatic rings. The Morgan fingerprint density at radius 1 is 1.10 bits per heavy atom. The quantitative estimate of drug-likeness (QED) is 0.580. The molecule has 0 saturated carbocycles. The van der Waals surface area contributed by atoms with Crippen molar-refractivity contribution in [3.05, 3.63) is 29.8 Å². The van der Waals surface area contributed by atoms with Crippen molar-refractivity contribution >= 4 is 16.0 Å². The molecule has 2 aliphatic rings. The molecule has 0 unspecified atom stereocenters. The summed E-state index contributed by atoms with van der Waals surface area (Å²) in [5, 5.41) is 3.37. The Labute approximate surface area is 175 Å². The van der Waals surface area contributed by atoms with Gasteiger partial charge < -0.3 is 15.1 Å². The predicted octanol–water partition coefficient (Wildman–Crippen LogP) is 1.82. The first kappa shape index (κ1) is 22.1. The van der Waals surface area contributed by atoms with Crippen molar-refractivity contribution in [1.82, 2.24) is 19.4 Å². The molecule has 2 saturated heterocycles. The summed E-state index contributed by atoms with van der Waals surface area (Å²) in [5.74, 6) is 1.63. The highest BCUT2D eigenvalue weighted by atomic mass is 32.2. The maximum atomic E-state index is 13.3. The summed E-state index contributed by atoms with van der Waals surface area (Å²) in [6.45, 7) is 10.1. The average Bonchev–Trinajstić information content (AvgIpc) is 2.72. The number of likely N-dealkylation sites (tertiary alicyclic amines) is 1. The topological polar surface area (TPSA) is 68.2 Å². The SMILES string of the molecule is CCNC(=NCc1ccccc1S(=O)(=O)N1CCN(C)CC1)N1CCC(C)CC1. The summed E-state index contributed by atoms with van der Waals surface area (Å²) < 4.78 is 28.1. The van der Waals surface area contributed by atoms with Gasteiger partial charge in [-0.15, -0.1) is 0 Å². The standard InChI is InChI=1S/C21H35N5O2S/c1-4-22-21(25-11-9-18(2)10-12-25)23-17-19-7-5-6-8-20(19)29(27,28)26-15-13-24(3)14-16-26/h5-8,18H,4,9-17H2,1-3H3,(H,22,23). The van der Waals surface area contributed by atoms with Crippen LogP contribution in [0.4, 0.5) is 0 Å². The minimum atomic E-state index is -3.51.